The van der Waals surface area contributed by atoms with Gasteiger partial charge in [-0.2, -0.15) is 0 Å². The van der Waals surface area contributed by atoms with Crippen molar-refractivity contribution < 1.29 is 23.9 Å². The average molecular weight is 818 g/mol. The molecule has 57 heavy (non-hydrogen) atoms. The normalized spacial score (nSPS) is 18.4. The van der Waals surface area contributed by atoms with Crippen molar-refractivity contribution in [2.45, 2.75) is 84.4 Å². The Hall–Kier alpha value is -4.72. The molecular weight excluding hydrogens is 767 g/mol. The lowest BCUT2D eigenvalue weighted by molar-refractivity contribution is -0.112. The van der Waals surface area contributed by atoms with Gasteiger partial charge in [-0.05, 0) is 77.5 Å². The van der Waals surface area contributed by atoms with Crippen LogP contribution in [0.2, 0.25) is 10.0 Å². The number of amides is 3. The van der Waals surface area contributed by atoms with Gasteiger partial charge in [0.05, 0.1) is 39.4 Å². The molecule has 302 valence electrons. The first kappa shape index (κ1) is 40.5. The van der Waals surface area contributed by atoms with E-state index in [0.717, 1.165) is 75.0 Å². The maximum absolute atomic E-state index is 13.7. The third-order valence-electron chi connectivity index (χ3n) is 11.4. The summed E-state index contributed by atoms with van der Waals surface area (Å²) in [6.45, 7) is 8.72. The summed E-state index contributed by atoms with van der Waals surface area (Å²) >= 11 is 13.9. The highest BCUT2D eigenvalue weighted by atomic mass is 35.5. The zero-order valence-corrected chi connectivity index (χ0v) is 34.7. The number of benzene rings is 2. The molecule has 3 aliphatic rings. The van der Waals surface area contributed by atoms with Crippen LogP contribution < -0.4 is 10.6 Å². The molecule has 7 rings (SSSR count). The van der Waals surface area contributed by atoms with E-state index in [4.69, 9.17) is 32.9 Å². The van der Waals surface area contributed by atoms with E-state index in [0.29, 0.717) is 59.4 Å². The summed E-state index contributed by atoms with van der Waals surface area (Å²) in [5.41, 5.74) is 4.75. The van der Waals surface area contributed by atoms with Crippen LogP contribution in [0.15, 0.2) is 36.4 Å². The second-order valence-electron chi connectivity index (χ2n) is 16.4. The van der Waals surface area contributed by atoms with Gasteiger partial charge in [-0.1, -0.05) is 47.5 Å². The fourth-order valence-corrected chi connectivity index (χ4v) is 8.75. The SMILES string of the molecule is Cn1c(C(=O)Nc2cccc(-c3cccc(NC(=O)c4nc5c(n4C)CCN(C(=O)OC(C)(C)C)C5)c3Cl)c2Cl)nc2c1CCN(CCC1CCC(C=O)CC1)C2. The van der Waals surface area contributed by atoms with E-state index >= 15 is 0 Å². The lowest BCUT2D eigenvalue weighted by Crippen LogP contribution is -2.40. The van der Waals surface area contributed by atoms with E-state index in [1.165, 1.54) is 0 Å². The topological polar surface area (TPSA) is 144 Å². The van der Waals surface area contributed by atoms with Gasteiger partial charge < -0.3 is 34.2 Å². The summed E-state index contributed by atoms with van der Waals surface area (Å²) in [4.78, 5) is 64.6. The number of imidazole rings is 2. The van der Waals surface area contributed by atoms with Gasteiger partial charge in [0.2, 0.25) is 0 Å². The Morgan fingerprint density at radius 2 is 1.33 bits per heavy atom. The number of aromatic nitrogens is 4. The Balaban J connectivity index is 1.01. The van der Waals surface area contributed by atoms with Crippen molar-refractivity contribution in [2.24, 2.45) is 25.9 Å². The Morgan fingerprint density at radius 3 is 1.86 bits per heavy atom. The number of rotatable bonds is 9. The number of carbonyl (C=O) groups is 4. The maximum Gasteiger partial charge on any atom is 0.410 e. The number of aldehydes is 1. The van der Waals surface area contributed by atoms with Gasteiger partial charge in [-0.25, -0.2) is 14.8 Å². The Morgan fingerprint density at radius 1 is 0.807 bits per heavy atom. The zero-order chi connectivity index (χ0) is 40.6. The third kappa shape index (κ3) is 8.75. The second-order valence-corrected chi connectivity index (χ2v) is 17.2. The summed E-state index contributed by atoms with van der Waals surface area (Å²) in [6.07, 6.45) is 7.35. The number of anilines is 2. The molecule has 1 fully saturated rings. The van der Waals surface area contributed by atoms with E-state index < -0.39 is 17.6 Å². The highest BCUT2D eigenvalue weighted by Gasteiger charge is 2.31. The molecule has 4 heterocycles. The van der Waals surface area contributed by atoms with Gasteiger partial charge in [-0.3, -0.25) is 14.5 Å². The van der Waals surface area contributed by atoms with E-state index in [-0.39, 0.29) is 34.2 Å². The lowest BCUT2D eigenvalue weighted by Gasteiger charge is -2.30. The minimum Gasteiger partial charge on any atom is -0.444 e. The molecule has 0 bridgehead atoms. The van der Waals surface area contributed by atoms with Crippen LogP contribution in [0, 0.1) is 11.8 Å². The van der Waals surface area contributed by atoms with Gasteiger partial charge in [0, 0.05) is 75.0 Å². The third-order valence-corrected chi connectivity index (χ3v) is 12.2. The molecule has 2 N–H and O–H groups in total. The first-order chi connectivity index (χ1) is 27.2. The number of nitrogens with zero attached hydrogens (tertiary/aromatic N) is 6. The van der Waals surface area contributed by atoms with Gasteiger partial charge in [0.1, 0.15) is 11.9 Å². The van der Waals surface area contributed by atoms with E-state index in [1.54, 1.807) is 52.9 Å². The quantitative estimate of drug-likeness (QED) is 0.164. The summed E-state index contributed by atoms with van der Waals surface area (Å²) in [5.74, 6) is 0.554. The van der Waals surface area contributed by atoms with Crippen molar-refractivity contribution in [1.29, 1.82) is 0 Å². The van der Waals surface area contributed by atoms with Crippen LogP contribution in [0.5, 0.6) is 0 Å². The first-order valence-corrected chi connectivity index (χ1v) is 20.4. The molecule has 0 spiro atoms. The highest BCUT2D eigenvalue weighted by Crippen LogP contribution is 2.40. The molecule has 2 aliphatic heterocycles. The minimum atomic E-state index is -0.622. The Labute approximate surface area is 343 Å². The number of hydrogen-bond acceptors (Lipinski definition) is 8. The minimum absolute atomic E-state index is 0.188. The predicted octanol–water partition coefficient (Wildman–Crippen LogP) is 7.68. The molecule has 2 aromatic heterocycles. The van der Waals surface area contributed by atoms with Crippen molar-refractivity contribution >= 4 is 58.8 Å². The first-order valence-electron chi connectivity index (χ1n) is 19.6. The molecule has 1 saturated carbocycles. The molecule has 0 radical (unpaired) electrons. The summed E-state index contributed by atoms with van der Waals surface area (Å²) < 4.78 is 9.16. The second kappa shape index (κ2) is 16.6. The van der Waals surface area contributed by atoms with E-state index in [2.05, 4.69) is 20.5 Å². The number of fused-ring (bicyclic) bond motifs is 2. The number of carbonyl (C=O) groups excluding carboxylic acids is 4. The van der Waals surface area contributed by atoms with Gasteiger partial charge in [-0.15, -0.1) is 0 Å². The van der Waals surface area contributed by atoms with Crippen molar-refractivity contribution in [3.8, 4) is 11.1 Å². The number of ether oxygens (including phenoxy) is 1. The monoisotopic (exact) mass is 816 g/mol. The lowest BCUT2D eigenvalue weighted by atomic mass is 9.81. The van der Waals surface area contributed by atoms with Crippen LogP contribution in [0.1, 0.15) is 96.9 Å². The molecule has 2 aromatic carbocycles. The number of halogens is 2. The molecule has 0 atom stereocenters. The van der Waals surface area contributed by atoms with Crippen molar-refractivity contribution in [1.82, 2.24) is 28.9 Å². The van der Waals surface area contributed by atoms with Crippen molar-refractivity contribution in [2.75, 3.05) is 30.3 Å². The maximum atomic E-state index is 13.7. The Bertz CT molecular complexity index is 2200. The Kier molecular flexibility index (Phi) is 11.8. The zero-order valence-electron chi connectivity index (χ0n) is 33.2. The summed E-state index contributed by atoms with van der Waals surface area (Å²) in [5, 5.41) is 6.42. The molecule has 4 aromatic rings. The molecule has 0 unspecified atom stereocenters. The smallest absolute Gasteiger partial charge is 0.410 e. The van der Waals surface area contributed by atoms with E-state index in [9.17, 15) is 19.2 Å². The van der Waals surface area contributed by atoms with Crippen LogP contribution in [0.25, 0.3) is 11.1 Å². The summed E-state index contributed by atoms with van der Waals surface area (Å²) in [6, 6.07) is 10.6. The van der Waals surface area contributed by atoms with Gasteiger partial charge in [0.15, 0.2) is 11.6 Å². The fourth-order valence-electron chi connectivity index (χ4n) is 8.20. The van der Waals surface area contributed by atoms with Crippen LogP contribution in [0.3, 0.4) is 0 Å². The number of nitrogens with one attached hydrogen (secondary N) is 2. The molecule has 0 saturated heterocycles. The fraction of sp³-hybridized carbons (Fsp3) is 0.476. The van der Waals surface area contributed by atoms with Crippen LogP contribution in [-0.4, -0.2) is 78.3 Å². The van der Waals surface area contributed by atoms with Gasteiger partial charge in [0.25, 0.3) is 11.8 Å². The van der Waals surface area contributed by atoms with Crippen LogP contribution in [-0.2, 0) is 49.6 Å². The van der Waals surface area contributed by atoms with Gasteiger partial charge >= 0.3 is 6.09 Å². The van der Waals surface area contributed by atoms with Crippen LogP contribution in [0.4, 0.5) is 16.2 Å². The molecular formula is C42H50Cl2N8O5. The number of hydrogen-bond donors (Lipinski definition) is 2. The standard InChI is InChI=1S/C42H50Cl2N8O5/c1-42(2,3)57-41(56)52-21-18-34-32(23-52)46-38(50(34)5)40(55)48-30-11-7-9-28(36(30)44)27-8-6-10-29(35(27)43)47-39(54)37-45-31-22-51(20-17-33(31)49(37)4)19-16-25-12-14-26(24-53)15-13-25/h6-11,24-26H,12-23H2,1-5H3,(H,47,54)(H,48,55). The largest absolute Gasteiger partial charge is 0.444 e. The molecule has 15 heteroatoms. The summed E-state index contributed by atoms with van der Waals surface area (Å²) in [7, 11) is 3.65. The molecule has 3 amide bonds. The predicted molar refractivity (Wildman–Crippen MR) is 220 cm³/mol. The molecule has 1 aliphatic carbocycles. The van der Waals surface area contributed by atoms with E-state index in [1.807, 2.05) is 32.4 Å². The van der Waals surface area contributed by atoms with Crippen molar-refractivity contribution in [3.05, 3.63) is 80.9 Å². The van der Waals surface area contributed by atoms with Crippen molar-refractivity contribution in [3.63, 3.8) is 0 Å². The molecule has 13 nitrogen and oxygen atoms in total. The average Bonchev–Trinajstić information content (AvgIpc) is 3.70. The highest BCUT2D eigenvalue weighted by molar-refractivity contribution is 6.40. The van der Waals surface area contributed by atoms with Crippen LogP contribution >= 0.6 is 23.2 Å².